The number of ether oxygens (including phenoxy) is 1. The van der Waals surface area contributed by atoms with Crippen LogP contribution in [0.1, 0.15) is 21.7 Å². The molecule has 0 saturated carbocycles. The van der Waals surface area contributed by atoms with Gasteiger partial charge in [-0.05, 0) is 18.5 Å². The van der Waals surface area contributed by atoms with Crippen LogP contribution in [-0.2, 0) is 24.1 Å². The van der Waals surface area contributed by atoms with Gasteiger partial charge in [0.25, 0.3) is 0 Å². The molecule has 2 rings (SSSR count). The topological polar surface area (TPSA) is 83.0 Å². The summed E-state index contributed by atoms with van der Waals surface area (Å²) in [5.74, 6) is -0.473. The number of aromatic nitrogens is 3. The third-order valence-corrected chi connectivity index (χ3v) is 3.05. The molecular weight excluding hydrogens is 256 g/mol. The molecule has 0 atom stereocenters. The molecule has 0 saturated heterocycles. The van der Waals surface area contributed by atoms with Gasteiger partial charge in [0.05, 0.1) is 12.8 Å². The highest BCUT2D eigenvalue weighted by Gasteiger charge is 2.19. The molecule has 0 amide bonds. The molecule has 20 heavy (non-hydrogen) atoms. The van der Waals surface area contributed by atoms with Crippen LogP contribution in [0, 0.1) is 0 Å². The number of hydrogen-bond acceptors (Lipinski definition) is 5. The number of rotatable bonds is 6. The Morgan fingerprint density at radius 2 is 2.05 bits per heavy atom. The van der Waals surface area contributed by atoms with E-state index in [0.29, 0.717) is 19.5 Å². The predicted molar refractivity (Wildman–Crippen MR) is 74.3 cm³/mol. The van der Waals surface area contributed by atoms with E-state index in [2.05, 4.69) is 22.4 Å². The Morgan fingerprint density at radius 3 is 2.70 bits per heavy atom. The molecule has 2 aromatic rings. The molecule has 0 aliphatic heterocycles. The number of esters is 1. The van der Waals surface area contributed by atoms with Gasteiger partial charge in [0.2, 0.25) is 0 Å². The van der Waals surface area contributed by atoms with Crippen LogP contribution in [0.4, 0.5) is 0 Å². The maximum absolute atomic E-state index is 11.6. The van der Waals surface area contributed by atoms with E-state index in [1.54, 1.807) is 4.68 Å². The molecular formula is C14H18N4O2. The number of carbonyl (C=O) groups is 1. The van der Waals surface area contributed by atoms with Crippen molar-refractivity contribution < 1.29 is 9.53 Å². The summed E-state index contributed by atoms with van der Waals surface area (Å²) in [6.45, 7) is 1.09. The maximum atomic E-state index is 11.6. The van der Waals surface area contributed by atoms with Crippen molar-refractivity contribution in [3.8, 4) is 0 Å². The Morgan fingerprint density at radius 1 is 1.30 bits per heavy atom. The third kappa shape index (κ3) is 3.21. The number of carbonyl (C=O) groups excluding carboxylic acids is 1. The lowest BCUT2D eigenvalue weighted by Crippen LogP contribution is -2.15. The largest absolute Gasteiger partial charge is 0.464 e. The Balaban J connectivity index is 2.15. The minimum Gasteiger partial charge on any atom is -0.464 e. The van der Waals surface area contributed by atoms with E-state index in [9.17, 15) is 4.79 Å². The predicted octanol–water partition coefficient (Wildman–Crippen LogP) is 0.809. The van der Waals surface area contributed by atoms with Crippen molar-refractivity contribution in [3.05, 3.63) is 47.3 Å². The zero-order valence-corrected chi connectivity index (χ0v) is 11.5. The molecule has 2 N–H and O–H groups in total. The standard InChI is InChI=1S/C14H18N4O2/c1-20-14(19)13-12(7-9-15)18(17-16-13)10-8-11-5-3-2-4-6-11/h2-6H,7-10,15H2,1H3. The molecule has 0 bridgehead atoms. The molecule has 1 aromatic heterocycles. The van der Waals surface area contributed by atoms with Crippen molar-refractivity contribution in [2.75, 3.05) is 13.7 Å². The van der Waals surface area contributed by atoms with E-state index in [1.807, 2.05) is 18.2 Å². The smallest absolute Gasteiger partial charge is 0.360 e. The van der Waals surface area contributed by atoms with Crippen molar-refractivity contribution in [2.24, 2.45) is 5.73 Å². The Bertz CT molecular complexity index is 566. The van der Waals surface area contributed by atoms with Crippen molar-refractivity contribution in [2.45, 2.75) is 19.4 Å². The summed E-state index contributed by atoms with van der Waals surface area (Å²) < 4.78 is 6.43. The summed E-state index contributed by atoms with van der Waals surface area (Å²) in [6, 6.07) is 10.1. The normalized spacial score (nSPS) is 10.5. The summed E-state index contributed by atoms with van der Waals surface area (Å²) in [4.78, 5) is 11.6. The van der Waals surface area contributed by atoms with Gasteiger partial charge in [-0.3, -0.25) is 0 Å². The van der Waals surface area contributed by atoms with Crippen LogP contribution in [-0.4, -0.2) is 34.6 Å². The first-order valence-corrected chi connectivity index (χ1v) is 6.51. The van der Waals surface area contributed by atoms with E-state index in [4.69, 9.17) is 10.5 Å². The number of methoxy groups -OCH3 is 1. The zero-order chi connectivity index (χ0) is 14.4. The van der Waals surface area contributed by atoms with Crippen molar-refractivity contribution >= 4 is 5.97 Å². The molecule has 0 aliphatic rings. The van der Waals surface area contributed by atoms with E-state index >= 15 is 0 Å². The highest BCUT2D eigenvalue weighted by molar-refractivity contribution is 5.88. The van der Waals surface area contributed by atoms with Crippen LogP contribution in [0.5, 0.6) is 0 Å². The third-order valence-electron chi connectivity index (χ3n) is 3.05. The minimum absolute atomic E-state index is 0.256. The van der Waals surface area contributed by atoms with Gasteiger partial charge < -0.3 is 10.5 Å². The zero-order valence-electron chi connectivity index (χ0n) is 11.5. The summed E-state index contributed by atoms with van der Waals surface area (Å²) in [5.41, 5.74) is 7.78. The fourth-order valence-electron chi connectivity index (χ4n) is 2.03. The molecule has 6 heteroatoms. The summed E-state index contributed by atoms with van der Waals surface area (Å²) in [5, 5.41) is 7.93. The van der Waals surface area contributed by atoms with Crippen LogP contribution in [0.15, 0.2) is 30.3 Å². The molecule has 0 spiro atoms. The molecule has 1 aromatic carbocycles. The Hall–Kier alpha value is -2.21. The van der Waals surface area contributed by atoms with Gasteiger partial charge >= 0.3 is 5.97 Å². The molecule has 0 fully saturated rings. The van der Waals surface area contributed by atoms with Crippen LogP contribution in [0.2, 0.25) is 0 Å². The van der Waals surface area contributed by atoms with Gasteiger partial charge in [0, 0.05) is 13.0 Å². The highest BCUT2D eigenvalue weighted by Crippen LogP contribution is 2.09. The van der Waals surface area contributed by atoms with E-state index in [-0.39, 0.29) is 5.69 Å². The van der Waals surface area contributed by atoms with Gasteiger partial charge in [-0.1, -0.05) is 35.5 Å². The number of nitrogens with two attached hydrogens (primary N) is 1. The minimum atomic E-state index is -0.473. The van der Waals surface area contributed by atoms with Crippen LogP contribution in [0.3, 0.4) is 0 Å². The molecule has 106 valence electrons. The van der Waals surface area contributed by atoms with Crippen LogP contribution < -0.4 is 5.73 Å². The maximum Gasteiger partial charge on any atom is 0.360 e. The summed E-state index contributed by atoms with van der Waals surface area (Å²) >= 11 is 0. The SMILES string of the molecule is COC(=O)c1nnn(CCc2ccccc2)c1CCN. The van der Waals surface area contributed by atoms with Crippen molar-refractivity contribution in [1.29, 1.82) is 0 Å². The van der Waals surface area contributed by atoms with Gasteiger partial charge in [0.1, 0.15) is 0 Å². The highest BCUT2D eigenvalue weighted by atomic mass is 16.5. The average molecular weight is 274 g/mol. The van der Waals surface area contributed by atoms with Crippen LogP contribution >= 0.6 is 0 Å². The fraction of sp³-hybridized carbons (Fsp3) is 0.357. The van der Waals surface area contributed by atoms with E-state index in [1.165, 1.54) is 12.7 Å². The molecule has 0 unspecified atom stereocenters. The van der Waals surface area contributed by atoms with Gasteiger partial charge in [-0.15, -0.1) is 5.10 Å². The summed E-state index contributed by atoms with van der Waals surface area (Å²) in [6.07, 6.45) is 1.37. The van der Waals surface area contributed by atoms with E-state index < -0.39 is 5.97 Å². The molecule has 0 aliphatic carbocycles. The van der Waals surface area contributed by atoms with Crippen molar-refractivity contribution in [1.82, 2.24) is 15.0 Å². The number of hydrogen-bond donors (Lipinski definition) is 1. The van der Waals surface area contributed by atoms with Crippen LogP contribution in [0.25, 0.3) is 0 Å². The van der Waals surface area contributed by atoms with E-state index in [0.717, 1.165) is 12.1 Å². The second-order valence-electron chi connectivity index (χ2n) is 4.37. The quantitative estimate of drug-likeness (QED) is 0.788. The van der Waals surface area contributed by atoms with Crippen molar-refractivity contribution in [3.63, 3.8) is 0 Å². The van der Waals surface area contributed by atoms with Gasteiger partial charge in [-0.2, -0.15) is 0 Å². The second-order valence-corrected chi connectivity index (χ2v) is 4.37. The Labute approximate surface area is 117 Å². The lowest BCUT2D eigenvalue weighted by atomic mass is 10.1. The molecule has 6 nitrogen and oxygen atoms in total. The number of aryl methyl sites for hydroxylation is 2. The molecule has 0 radical (unpaired) electrons. The lowest BCUT2D eigenvalue weighted by Gasteiger charge is -2.06. The first-order valence-electron chi connectivity index (χ1n) is 6.51. The number of nitrogens with zero attached hydrogens (tertiary/aromatic N) is 3. The van der Waals surface area contributed by atoms with Gasteiger partial charge in [-0.25, -0.2) is 9.48 Å². The van der Waals surface area contributed by atoms with Gasteiger partial charge in [0.15, 0.2) is 5.69 Å². The average Bonchev–Trinajstić information content (AvgIpc) is 2.89. The Kier molecular flexibility index (Phi) is 4.84. The first-order chi connectivity index (χ1) is 9.76. The monoisotopic (exact) mass is 274 g/mol. The summed E-state index contributed by atoms with van der Waals surface area (Å²) in [7, 11) is 1.33. The molecule has 1 heterocycles. The fourth-order valence-corrected chi connectivity index (χ4v) is 2.03. The number of benzene rings is 1. The lowest BCUT2D eigenvalue weighted by molar-refractivity contribution is 0.0592. The first kappa shape index (κ1) is 14.2. The second kappa shape index (κ2) is 6.81.